The number of rotatable bonds is 3. The van der Waals surface area contributed by atoms with E-state index < -0.39 is 5.60 Å². The van der Waals surface area contributed by atoms with Crippen molar-refractivity contribution in [3.63, 3.8) is 0 Å². The van der Waals surface area contributed by atoms with Crippen LogP contribution < -0.4 is 16.0 Å². The van der Waals surface area contributed by atoms with Crippen molar-refractivity contribution >= 4 is 23.0 Å². The highest BCUT2D eigenvalue weighted by atomic mass is 16.3. The van der Waals surface area contributed by atoms with E-state index in [2.05, 4.69) is 5.32 Å². The molecule has 1 amide bonds. The summed E-state index contributed by atoms with van der Waals surface area (Å²) in [5.41, 5.74) is 8.63. The summed E-state index contributed by atoms with van der Waals surface area (Å²) in [6, 6.07) is 3.79. The molecule has 1 aromatic rings. The largest absolute Gasteiger partial charge is 0.397 e. The number of likely N-dealkylation sites (N-methyl/N-ethyl adjacent to an activating group) is 1. The summed E-state index contributed by atoms with van der Waals surface area (Å²) in [4.78, 5) is 13.3. The van der Waals surface area contributed by atoms with Crippen LogP contribution in [0.15, 0.2) is 12.1 Å². The monoisotopic (exact) mass is 263 g/mol. The second kappa shape index (κ2) is 4.74. The van der Waals surface area contributed by atoms with Crippen molar-refractivity contribution in [2.45, 2.75) is 32.3 Å². The predicted molar refractivity (Wildman–Crippen MR) is 77.4 cm³/mol. The minimum atomic E-state index is -0.786. The predicted octanol–water partition coefficient (Wildman–Crippen LogP) is 1.36. The third-order valence-corrected chi connectivity index (χ3v) is 3.18. The van der Waals surface area contributed by atoms with Crippen LogP contribution in [0.3, 0.4) is 0 Å². The standard InChI is InChI=1S/C14H21N3O2/c1-14(2,19)8-17(3)12-6-9-4-5-13(18)16-11(9)7-10(12)15/h6-7,19H,4-5,8,15H2,1-3H3,(H,16,18). The molecule has 0 atom stereocenters. The molecule has 5 heteroatoms. The second-order valence-electron chi connectivity index (χ2n) is 5.78. The van der Waals surface area contributed by atoms with Crippen molar-refractivity contribution in [3.8, 4) is 0 Å². The Kier molecular flexibility index (Phi) is 3.41. The summed E-state index contributed by atoms with van der Waals surface area (Å²) in [7, 11) is 1.90. The number of nitrogens with one attached hydrogen (secondary N) is 1. The maximum Gasteiger partial charge on any atom is 0.224 e. The van der Waals surface area contributed by atoms with Crippen LogP contribution in [0.25, 0.3) is 0 Å². The van der Waals surface area contributed by atoms with E-state index in [1.807, 2.05) is 18.0 Å². The van der Waals surface area contributed by atoms with Crippen molar-refractivity contribution in [1.29, 1.82) is 0 Å². The Labute approximate surface area is 113 Å². The maximum atomic E-state index is 11.3. The zero-order valence-electron chi connectivity index (χ0n) is 11.7. The smallest absolute Gasteiger partial charge is 0.224 e. The van der Waals surface area contributed by atoms with Crippen LogP contribution in [0.1, 0.15) is 25.8 Å². The van der Waals surface area contributed by atoms with Gasteiger partial charge in [0.25, 0.3) is 0 Å². The van der Waals surface area contributed by atoms with Crippen LogP contribution in [-0.4, -0.2) is 30.2 Å². The molecule has 2 rings (SSSR count). The first-order valence-electron chi connectivity index (χ1n) is 6.42. The van der Waals surface area contributed by atoms with E-state index in [0.717, 1.165) is 23.4 Å². The normalized spacial score (nSPS) is 14.8. The molecule has 0 spiro atoms. The SMILES string of the molecule is CN(CC(C)(C)O)c1cc2c(cc1N)NC(=O)CC2. The lowest BCUT2D eigenvalue weighted by molar-refractivity contribution is -0.116. The number of carbonyl (C=O) groups is 1. The number of nitrogens with two attached hydrogens (primary N) is 1. The van der Waals surface area contributed by atoms with Crippen molar-refractivity contribution in [2.24, 2.45) is 0 Å². The molecule has 1 aliphatic heterocycles. The highest BCUT2D eigenvalue weighted by Crippen LogP contribution is 2.33. The average molecular weight is 263 g/mol. The molecule has 1 aliphatic rings. The quantitative estimate of drug-likeness (QED) is 0.719. The first kappa shape index (κ1) is 13.7. The van der Waals surface area contributed by atoms with Gasteiger partial charge < -0.3 is 21.1 Å². The van der Waals surface area contributed by atoms with Crippen LogP contribution in [0.4, 0.5) is 17.1 Å². The van der Waals surface area contributed by atoms with Gasteiger partial charge in [0.2, 0.25) is 5.91 Å². The fraction of sp³-hybridized carbons (Fsp3) is 0.500. The van der Waals surface area contributed by atoms with Gasteiger partial charge in [-0.15, -0.1) is 0 Å². The number of nitrogen functional groups attached to an aromatic ring is 1. The van der Waals surface area contributed by atoms with Gasteiger partial charge in [-0.05, 0) is 38.0 Å². The van der Waals surface area contributed by atoms with E-state index >= 15 is 0 Å². The zero-order chi connectivity index (χ0) is 14.2. The van der Waals surface area contributed by atoms with Gasteiger partial charge in [-0.25, -0.2) is 0 Å². The van der Waals surface area contributed by atoms with E-state index in [9.17, 15) is 9.90 Å². The molecule has 1 heterocycles. The molecular weight excluding hydrogens is 242 g/mol. The highest BCUT2D eigenvalue weighted by molar-refractivity contribution is 5.95. The first-order valence-corrected chi connectivity index (χ1v) is 6.42. The Balaban J connectivity index is 2.30. The summed E-state index contributed by atoms with van der Waals surface area (Å²) in [6.45, 7) is 4.01. The van der Waals surface area contributed by atoms with Crippen molar-refractivity contribution < 1.29 is 9.90 Å². The molecule has 5 nitrogen and oxygen atoms in total. The van der Waals surface area contributed by atoms with Crippen LogP contribution in [0.2, 0.25) is 0 Å². The van der Waals surface area contributed by atoms with E-state index in [1.54, 1.807) is 19.9 Å². The lowest BCUT2D eigenvalue weighted by atomic mass is 10.0. The molecule has 0 aromatic heterocycles. The van der Waals surface area contributed by atoms with Crippen LogP contribution >= 0.6 is 0 Å². The Morgan fingerprint density at radius 1 is 1.42 bits per heavy atom. The van der Waals surface area contributed by atoms with E-state index in [1.165, 1.54) is 0 Å². The first-order chi connectivity index (χ1) is 8.76. The lowest BCUT2D eigenvalue weighted by Gasteiger charge is -2.29. The van der Waals surface area contributed by atoms with Crippen LogP contribution in [0, 0.1) is 0 Å². The zero-order valence-corrected chi connectivity index (χ0v) is 11.7. The van der Waals surface area contributed by atoms with Crippen LogP contribution in [-0.2, 0) is 11.2 Å². The fourth-order valence-corrected chi connectivity index (χ4v) is 2.43. The van der Waals surface area contributed by atoms with Gasteiger partial charge in [0.05, 0.1) is 17.0 Å². The number of hydrogen-bond acceptors (Lipinski definition) is 4. The molecule has 0 unspecified atom stereocenters. The van der Waals surface area contributed by atoms with E-state index in [4.69, 9.17) is 5.73 Å². The van der Waals surface area contributed by atoms with E-state index in [-0.39, 0.29) is 5.91 Å². The molecule has 0 fully saturated rings. The van der Waals surface area contributed by atoms with Crippen molar-refractivity contribution in [1.82, 2.24) is 0 Å². The molecule has 0 saturated carbocycles. The van der Waals surface area contributed by atoms with E-state index in [0.29, 0.717) is 18.7 Å². The average Bonchev–Trinajstić information content (AvgIpc) is 2.25. The number of hydrogen-bond donors (Lipinski definition) is 3. The summed E-state index contributed by atoms with van der Waals surface area (Å²) in [5.74, 6) is 0.0319. The molecule has 19 heavy (non-hydrogen) atoms. The number of aliphatic hydroxyl groups is 1. The highest BCUT2D eigenvalue weighted by Gasteiger charge is 2.21. The van der Waals surface area contributed by atoms with Crippen LogP contribution in [0.5, 0.6) is 0 Å². The molecule has 0 radical (unpaired) electrons. The third-order valence-electron chi connectivity index (χ3n) is 3.18. The summed E-state index contributed by atoms with van der Waals surface area (Å²) < 4.78 is 0. The maximum absolute atomic E-state index is 11.3. The molecule has 0 saturated heterocycles. The van der Waals surface area contributed by atoms with Gasteiger partial charge in [0, 0.05) is 25.7 Å². The van der Waals surface area contributed by atoms with Crippen molar-refractivity contribution in [2.75, 3.05) is 29.5 Å². The number of fused-ring (bicyclic) bond motifs is 1. The topological polar surface area (TPSA) is 78.6 Å². The minimum Gasteiger partial charge on any atom is -0.397 e. The second-order valence-corrected chi connectivity index (χ2v) is 5.78. The summed E-state index contributed by atoms with van der Waals surface area (Å²) in [6.07, 6.45) is 1.23. The number of carbonyl (C=O) groups excluding carboxylic acids is 1. The number of anilines is 3. The Morgan fingerprint density at radius 3 is 2.74 bits per heavy atom. The Morgan fingerprint density at radius 2 is 2.11 bits per heavy atom. The molecule has 0 aliphatic carbocycles. The molecular formula is C14H21N3O2. The molecule has 1 aromatic carbocycles. The van der Waals surface area contributed by atoms with Crippen molar-refractivity contribution in [3.05, 3.63) is 17.7 Å². The summed E-state index contributed by atoms with van der Waals surface area (Å²) >= 11 is 0. The molecule has 4 N–H and O–H groups in total. The van der Waals surface area contributed by atoms with Gasteiger partial charge in [-0.3, -0.25) is 4.79 Å². The number of benzene rings is 1. The van der Waals surface area contributed by atoms with Gasteiger partial charge >= 0.3 is 0 Å². The van der Waals surface area contributed by atoms with Gasteiger partial charge in [0.1, 0.15) is 0 Å². The minimum absolute atomic E-state index is 0.0319. The molecule has 0 bridgehead atoms. The fourth-order valence-electron chi connectivity index (χ4n) is 2.43. The summed E-state index contributed by atoms with van der Waals surface area (Å²) in [5, 5.41) is 12.7. The lowest BCUT2D eigenvalue weighted by Crippen LogP contribution is -2.36. The number of amides is 1. The van der Waals surface area contributed by atoms with Gasteiger partial charge in [-0.1, -0.05) is 0 Å². The number of aryl methyl sites for hydroxylation is 1. The van der Waals surface area contributed by atoms with Gasteiger partial charge in [0.15, 0.2) is 0 Å². The van der Waals surface area contributed by atoms with Gasteiger partial charge in [-0.2, -0.15) is 0 Å². The Bertz CT molecular complexity index is 506. The Hall–Kier alpha value is -1.75. The molecule has 104 valence electrons. The number of nitrogens with zero attached hydrogens (tertiary/aromatic N) is 1. The third kappa shape index (κ3) is 3.17.